The first kappa shape index (κ1) is 17.6. The van der Waals surface area contributed by atoms with E-state index in [1.54, 1.807) is 6.07 Å². The molecule has 4 heteroatoms. The van der Waals surface area contributed by atoms with Gasteiger partial charge in [-0.05, 0) is 42.7 Å². The van der Waals surface area contributed by atoms with E-state index in [0.29, 0.717) is 22.7 Å². The number of nitrogens with one attached hydrogen (secondary N) is 1. The van der Waals surface area contributed by atoms with E-state index in [4.69, 9.17) is 27.9 Å². The van der Waals surface area contributed by atoms with E-state index in [9.17, 15) is 0 Å². The van der Waals surface area contributed by atoms with Crippen molar-refractivity contribution in [2.75, 3.05) is 0 Å². The topological polar surface area (TPSA) is 21.3 Å². The van der Waals surface area contributed by atoms with Crippen molar-refractivity contribution in [3.05, 3.63) is 63.6 Å². The van der Waals surface area contributed by atoms with Gasteiger partial charge >= 0.3 is 0 Å². The first-order valence-corrected chi connectivity index (χ1v) is 9.35. The van der Waals surface area contributed by atoms with Gasteiger partial charge in [0.05, 0.1) is 0 Å². The summed E-state index contributed by atoms with van der Waals surface area (Å²) in [4.78, 5) is 0. The first-order chi connectivity index (χ1) is 11.7. The summed E-state index contributed by atoms with van der Waals surface area (Å²) in [6.07, 6.45) is 6.73. The highest BCUT2D eigenvalue weighted by Gasteiger charge is 2.12. The van der Waals surface area contributed by atoms with Crippen LogP contribution in [0.4, 0.5) is 0 Å². The van der Waals surface area contributed by atoms with Crippen LogP contribution in [0.15, 0.2) is 42.5 Å². The third kappa shape index (κ3) is 5.14. The van der Waals surface area contributed by atoms with Crippen LogP contribution in [0.5, 0.6) is 5.75 Å². The zero-order valence-corrected chi connectivity index (χ0v) is 15.2. The zero-order valence-electron chi connectivity index (χ0n) is 13.7. The summed E-state index contributed by atoms with van der Waals surface area (Å²) in [6, 6.07) is 14.4. The van der Waals surface area contributed by atoms with Crippen LogP contribution in [0.1, 0.15) is 43.2 Å². The number of ether oxygens (including phenoxy) is 1. The maximum absolute atomic E-state index is 6.16. The minimum Gasteiger partial charge on any atom is -0.489 e. The molecule has 0 aliphatic heterocycles. The van der Waals surface area contributed by atoms with Crippen molar-refractivity contribution in [3.8, 4) is 5.75 Å². The van der Waals surface area contributed by atoms with Crippen LogP contribution >= 0.6 is 23.2 Å². The Hall–Kier alpha value is -1.22. The number of rotatable bonds is 6. The van der Waals surface area contributed by atoms with E-state index < -0.39 is 0 Å². The average Bonchev–Trinajstić information content (AvgIpc) is 2.61. The Labute approximate surface area is 154 Å². The molecule has 3 rings (SSSR count). The lowest BCUT2D eigenvalue weighted by Crippen LogP contribution is -2.30. The van der Waals surface area contributed by atoms with Gasteiger partial charge in [0, 0.05) is 28.2 Å². The number of benzene rings is 2. The number of hydrogen-bond acceptors (Lipinski definition) is 2. The van der Waals surface area contributed by atoms with Gasteiger partial charge in [-0.3, -0.25) is 0 Å². The van der Waals surface area contributed by atoms with E-state index in [2.05, 4.69) is 17.4 Å². The second kappa shape index (κ2) is 8.75. The first-order valence-electron chi connectivity index (χ1n) is 8.60. The maximum atomic E-state index is 6.16. The molecular formula is C20H23Cl2NO. The Morgan fingerprint density at radius 2 is 1.71 bits per heavy atom. The van der Waals surface area contributed by atoms with Crippen molar-refractivity contribution in [1.29, 1.82) is 0 Å². The molecule has 0 unspecified atom stereocenters. The third-order valence-corrected chi connectivity index (χ3v) is 5.12. The summed E-state index contributed by atoms with van der Waals surface area (Å²) in [5.41, 5.74) is 2.22. The molecule has 0 saturated heterocycles. The molecule has 128 valence electrons. The van der Waals surface area contributed by atoms with Crippen LogP contribution in [-0.2, 0) is 13.2 Å². The minimum atomic E-state index is 0.440. The van der Waals surface area contributed by atoms with E-state index in [1.807, 2.05) is 24.3 Å². The van der Waals surface area contributed by atoms with Crippen LogP contribution in [0, 0.1) is 0 Å². The van der Waals surface area contributed by atoms with Gasteiger partial charge in [-0.1, -0.05) is 60.7 Å². The molecule has 0 spiro atoms. The third-order valence-electron chi connectivity index (χ3n) is 4.53. The average molecular weight is 364 g/mol. The lowest BCUT2D eigenvalue weighted by atomic mass is 9.95. The van der Waals surface area contributed by atoms with Gasteiger partial charge in [0.25, 0.3) is 0 Å². The highest BCUT2D eigenvalue weighted by Crippen LogP contribution is 2.23. The summed E-state index contributed by atoms with van der Waals surface area (Å²) in [5.74, 6) is 0.849. The predicted octanol–water partition coefficient (Wildman–Crippen LogP) is 5.99. The monoisotopic (exact) mass is 363 g/mol. The standard InChI is InChI=1S/C20H23Cl2NO/c21-17-9-8-16(20(22)12-17)14-24-19-10-6-15(7-11-19)13-23-18-4-2-1-3-5-18/h6-12,18,23H,1-5,13-14H2. The van der Waals surface area contributed by atoms with Crippen molar-refractivity contribution in [3.63, 3.8) is 0 Å². The number of hydrogen-bond donors (Lipinski definition) is 1. The van der Waals surface area contributed by atoms with Crippen LogP contribution in [0.25, 0.3) is 0 Å². The Bertz CT molecular complexity index is 651. The second-order valence-corrected chi connectivity index (χ2v) is 7.23. The molecule has 2 aromatic carbocycles. The van der Waals surface area contributed by atoms with Crippen molar-refractivity contribution >= 4 is 23.2 Å². The normalized spacial score (nSPS) is 15.4. The van der Waals surface area contributed by atoms with E-state index >= 15 is 0 Å². The highest BCUT2D eigenvalue weighted by molar-refractivity contribution is 6.35. The largest absolute Gasteiger partial charge is 0.489 e. The molecule has 0 radical (unpaired) electrons. The molecule has 1 saturated carbocycles. The fourth-order valence-electron chi connectivity index (χ4n) is 3.07. The molecule has 0 atom stereocenters. The van der Waals surface area contributed by atoms with Crippen LogP contribution in [0.3, 0.4) is 0 Å². The zero-order chi connectivity index (χ0) is 16.8. The molecule has 0 heterocycles. The second-order valence-electron chi connectivity index (χ2n) is 6.38. The van der Waals surface area contributed by atoms with E-state index in [1.165, 1.54) is 37.7 Å². The molecule has 1 aliphatic carbocycles. The van der Waals surface area contributed by atoms with Crippen LogP contribution < -0.4 is 10.1 Å². The van der Waals surface area contributed by atoms with Crippen molar-refractivity contribution < 1.29 is 4.74 Å². The molecule has 1 N–H and O–H groups in total. The fraction of sp³-hybridized carbons (Fsp3) is 0.400. The van der Waals surface area contributed by atoms with Crippen LogP contribution in [0.2, 0.25) is 10.0 Å². The Morgan fingerprint density at radius 1 is 0.958 bits per heavy atom. The summed E-state index contributed by atoms with van der Waals surface area (Å²) in [6.45, 7) is 1.36. The van der Waals surface area contributed by atoms with Gasteiger partial charge in [0.2, 0.25) is 0 Å². The Balaban J connectivity index is 1.48. The van der Waals surface area contributed by atoms with Gasteiger partial charge in [-0.2, -0.15) is 0 Å². The van der Waals surface area contributed by atoms with E-state index in [0.717, 1.165) is 17.9 Å². The lowest BCUT2D eigenvalue weighted by molar-refractivity contribution is 0.306. The SMILES string of the molecule is Clc1ccc(COc2ccc(CNC3CCCCC3)cc2)c(Cl)c1. The smallest absolute Gasteiger partial charge is 0.119 e. The van der Waals surface area contributed by atoms with Crippen molar-refractivity contribution in [2.24, 2.45) is 0 Å². The van der Waals surface area contributed by atoms with Gasteiger partial charge in [0.15, 0.2) is 0 Å². The maximum Gasteiger partial charge on any atom is 0.119 e. The minimum absolute atomic E-state index is 0.440. The summed E-state index contributed by atoms with van der Waals surface area (Å²) < 4.78 is 5.81. The molecule has 24 heavy (non-hydrogen) atoms. The van der Waals surface area contributed by atoms with Crippen molar-refractivity contribution in [2.45, 2.75) is 51.3 Å². The molecule has 2 aromatic rings. The molecule has 1 fully saturated rings. The molecule has 0 aromatic heterocycles. The Kier molecular flexibility index (Phi) is 6.42. The van der Waals surface area contributed by atoms with Gasteiger partial charge in [-0.25, -0.2) is 0 Å². The van der Waals surface area contributed by atoms with Gasteiger partial charge in [0.1, 0.15) is 12.4 Å². The molecule has 2 nitrogen and oxygen atoms in total. The van der Waals surface area contributed by atoms with E-state index in [-0.39, 0.29) is 0 Å². The lowest BCUT2D eigenvalue weighted by Gasteiger charge is -2.22. The van der Waals surface area contributed by atoms with Crippen molar-refractivity contribution in [1.82, 2.24) is 5.32 Å². The quantitative estimate of drug-likeness (QED) is 0.679. The summed E-state index contributed by atoms with van der Waals surface area (Å²) in [5, 5.41) is 4.93. The van der Waals surface area contributed by atoms with Gasteiger partial charge in [-0.15, -0.1) is 0 Å². The Morgan fingerprint density at radius 3 is 2.42 bits per heavy atom. The fourth-order valence-corrected chi connectivity index (χ4v) is 3.54. The predicted molar refractivity (Wildman–Crippen MR) is 101 cm³/mol. The molecule has 1 aliphatic rings. The molecule has 0 bridgehead atoms. The summed E-state index contributed by atoms with van der Waals surface area (Å²) >= 11 is 12.1. The van der Waals surface area contributed by atoms with Gasteiger partial charge < -0.3 is 10.1 Å². The molecule has 0 amide bonds. The summed E-state index contributed by atoms with van der Waals surface area (Å²) in [7, 11) is 0. The number of halogens is 2. The molecular weight excluding hydrogens is 341 g/mol. The van der Waals surface area contributed by atoms with Crippen LogP contribution in [-0.4, -0.2) is 6.04 Å². The highest BCUT2D eigenvalue weighted by atomic mass is 35.5.